The fraction of sp³-hybridized carbons (Fsp3) is 0.360. The number of aryl methyl sites for hydroxylation is 2. The molecule has 0 unspecified atom stereocenters. The highest BCUT2D eigenvalue weighted by atomic mass is 16.1. The summed E-state index contributed by atoms with van der Waals surface area (Å²) in [6.07, 6.45) is 6.72. The molecule has 0 aliphatic carbocycles. The van der Waals surface area contributed by atoms with E-state index in [0.29, 0.717) is 12.2 Å². The lowest BCUT2D eigenvalue weighted by molar-refractivity contribution is 0.111. The first-order chi connectivity index (χ1) is 14.6. The van der Waals surface area contributed by atoms with Gasteiger partial charge < -0.3 is 14.8 Å². The van der Waals surface area contributed by atoms with Crippen molar-refractivity contribution in [3.8, 4) is 0 Å². The molecule has 4 rings (SSSR count). The normalized spacial score (nSPS) is 13.4. The number of piperidine rings is 1. The third-order valence-electron chi connectivity index (χ3n) is 5.33. The number of nitrogens with zero attached hydrogens (tertiary/aromatic N) is 3. The third-order valence-corrected chi connectivity index (χ3v) is 5.33. The Balaban J connectivity index is 0.000000239. The van der Waals surface area contributed by atoms with Gasteiger partial charge in [0.05, 0.1) is 17.9 Å². The second-order valence-electron chi connectivity index (χ2n) is 7.84. The second-order valence-corrected chi connectivity index (χ2v) is 7.84. The Morgan fingerprint density at radius 1 is 1.00 bits per heavy atom. The molecule has 1 aliphatic rings. The van der Waals surface area contributed by atoms with Crippen LogP contribution in [0.3, 0.4) is 0 Å². The molecule has 5 nitrogen and oxygen atoms in total. The van der Waals surface area contributed by atoms with Crippen LogP contribution in [0.1, 0.15) is 46.6 Å². The zero-order chi connectivity index (χ0) is 21.3. The molecule has 1 saturated heterocycles. The number of carbonyl (C=O) groups excluding carboxylic acids is 1. The Hall–Kier alpha value is -3.08. The van der Waals surface area contributed by atoms with E-state index in [1.54, 1.807) is 0 Å². The van der Waals surface area contributed by atoms with Gasteiger partial charge in [-0.05, 0) is 69.0 Å². The molecule has 0 bridgehead atoms. The number of benzene rings is 1. The van der Waals surface area contributed by atoms with Crippen molar-refractivity contribution in [2.45, 2.75) is 39.7 Å². The molecule has 1 aromatic carbocycles. The molecular weight excluding hydrogens is 372 g/mol. The van der Waals surface area contributed by atoms with E-state index in [2.05, 4.69) is 53.5 Å². The Morgan fingerprint density at radius 3 is 2.40 bits per heavy atom. The summed E-state index contributed by atoms with van der Waals surface area (Å²) in [7, 11) is 1.92. The van der Waals surface area contributed by atoms with Crippen molar-refractivity contribution < 1.29 is 4.79 Å². The van der Waals surface area contributed by atoms with Crippen molar-refractivity contribution in [3.05, 3.63) is 77.2 Å². The minimum absolute atomic E-state index is 0.642. The van der Waals surface area contributed by atoms with Gasteiger partial charge in [0, 0.05) is 32.0 Å². The number of nitrogens with one attached hydrogen (secondary N) is 1. The number of pyridine rings is 1. The molecule has 0 spiro atoms. The molecule has 0 amide bonds. The zero-order valence-electron chi connectivity index (χ0n) is 18.3. The largest absolute Gasteiger partial charge is 0.388 e. The predicted molar refractivity (Wildman–Crippen MR) is 125 cm³/mol. The summed E-state index contributed by atoms with van der Waals surface area (Å²) in [5.74, 6) is 1.06. The van der Waals surface area contributed by atoms with Crippen molar-refractivity contribution in [1.29, 1.82) is 0 Å². The number of aromatic nitrogens is 2. The number of hydrogen-bond acceptors (Lipinski definition) is 4. The van der Waals surface area contributed by atoms with Gasteiger partial charge in [0.15, 0.2) is 6.29 Å². The monoisotopic (exact) mass is 404 g/mol. The molecule has 0 radical (unpaired) electrons. The van der Waals surface area contributed by atoms with Gasteiger partial charge in [-0.25, -0.2) is 4.98 Å². The zero-order valence-corrected chi connectivity index (χ0v) is 18.3. The van der Waals surface area contributed by atoms with Crippen LogP contribution in [0.15, 0.2) is 54.7 Å². The van der Waals surface area contributed by atoms with Crippen LogP contribution in [0.25, 0.3) is 0 Å². The fourth-order valence-electron chi connectivity index (χ4n) is 3.66. The van der Waals surface area contributed by atoms with Gasteiger partial charge in [-0.3, -0.25) is 4.79 Å². The van der Waals surface area contributed by atoms with Crippen LogP contribution in [0.2, 0.25) is 0 Å². The standard InChI is InChI=1S/C17H21N3O.C8H11N/c1-14-10-16(13-21)20(11-14)12-15-6-5-7-17(18-15)19-8-3-2-4-9-19;1-7-3-5-8(9-2)6-4-7/h5-7,10-11,13H,2-4,8-9,12H2,1H3;3-6,9H,1-2H3. The maximum atomic E-state index is 11.1. The van der Waals surface area contributed by atoms with Crippen LogP contribution in [0.5, 0.6) is 0 Å². The molecule has 30 heavy (non-hydrogen) atoms. The lowest BCUT2D eigenvalue weighted by atomic mass is 10.1. The van der Waals surface area contributed by atoms with Gasteiger partial charge in [-0.15, -0.1) is 0 Å². The van der Waals surface area contributed by atoms with E-state index in [1.165, 1.54) is 30.5 Å². The Kier molecular flexibility index (Phi) is 7.66. The molecule has 3 aromatic rings. The molecule has 3 heterocycles. The third kappa shape index (κ3) is 5.96. The molecular formula is C25H32N4O. The lowest BCUT2D eigenvalue weighted by Crippen LogP contribution is -2.30. The predicted octanol–water partition coefficient (Wildman–Crippen LogP) is 5.08. The molecule has 1 fully saturated rings. The molecule has 1 aliphatic heterocycles. The van der Waals surface area contributed by atoms with E-state index in [4.69, 9.17) is 4.98 Å². The van der Waals surface area contributed by atoms with Crippen molar-refractivity contribution in [3.63, 3.8) is 0 Å². The summed E-state index contributed by atoms with van der Waals surface area (Å²) in [6, 6.07) is 16.4. The van der Waals surface area contributed by atoms with Gasteiger partial charge in [0.25, 0.3) is 0 Å². The highest BCUT2D eigenvalue weighted by Crippen LogP contribution is 2.18. The van der Waals surface area contributed by atoms with Crippen LogP contribution in [-0.2, 0) is 6.54 Å². The highest BCUT2D eigenvalue weighted by Gasteiger charge is 2.12. The maximum Gasteiger partial charge on any atom is 0.166 e. The Morgan fingerprint density at radius 2 is 1.73 bits per heavy atom. The summed E-state index contributed by atoms with van der Waals surface area (Å²) < 4.78 is 1.96. The topological polar surface area (TPSA) is 50.2 Å². The van der Waals surface area contributed by atoms with E-state index in [1.807, 2.05) is 36.9 Å². The van der Waals surface area contributed by atoms with E-state index < -0.39 is 0 Å². The lowest BCUT2D eigenvalue weighted by Gasteiger charge is -2.28. The Labute approximate surface area is 179 Å². The van der Waals surface area contributed by atoms with Gasteiger partial charge in [0.1, 0.15) is 5.82 Å². The van der Waals surface area contributed by atoms with Gasteiger partial charge in [-0.1, -0.05) is 23.8 Å². The first-order valence-corrected chi connectivity index (χ1v) is 10.7. The summed E-state index contributed by atoms with van der Waals surface area (Å²) in [5, 5.41) is 3.05. The summed E-state index contributed by atoms with van der Waals surface area (Å²) in [6.45, 7) is 6.92. The van der Waals surface area contributed by atoms with E-state index >= 15 is 0 Å². The smallest absolute Gasteiger partial charge is 0.166 e. The molecule has 0 atom stereocenters. The van der Waals surface area contributed by atoms with E-state index in [0.717, 1.165) is 36.5 Å². The quantitative estimate of drug-likeness (QED) is 0.603. The van der Waals surface area contributed by atoms with Crippen LogP contribution in [0, 0.1) is 13.8 Å². The van der Waals surface area contributed by atoms with Gasteiger partial charge >= 0.3 is 0 Å². The molecule has 1 N–H and O–H groups in total. The molecule has 158 valence electrons. The average molecular weight is 405 g/mol. The van der Waals surface area contributed by atoms with Gasteiger partial charge in [0.2, 0.25) is 0 Å². The second kappa shape index (κ2) is 10.6. The fourth-order valence-corrected chi connectivity index (χ4v) is 3.66. The summed E-state index contributed by atoms with van der Waals surface area (Å²) in [5.41, 5.74) is 5.27. The number of carbonyl (C=O) groups is 1. The SMILES string of the molecule is CNc1ccc(C)cc1.Cc1cc(C=O)n(Cc2cccc(N3CCCCC3)n2)c1. The van der Waals surface area contributed by atoms with Crippen molar-refractivity contribution in [2.24, 2.45) is 0 Å². The van der Waals surface area contributed by atoms with Crippen molar-refractivity contribution in [1.82, 2.24) is 9.55 Å². The van der Waals surface area contributed by atoms with Crippen LogP contribution >= 0.6 is 0 Å². The van der Waals surface area contributed by atoms with Crippen LogP contribution in [0.4, 0.5) is 11.5 Å². The maximum absolute atomic E-state index is 11.1. The summed E-state index contributed by atoms with van der Waals surface area (Å²) in [4.78, 5) is 18.2. The number of rotatable bonds is 5. The first kappa shape index (κ1) is 21.6. The number of hydrogen-bond donors (Lipinski definition) is 1. The number of anilines is 2. The van der Waals surface area contributed by atoms with Crippen molar-refractivity contribution in [2.75, 3.05) is 30.4 Å². The van der Waals surface area contributed by atoms with Crippen LogP contribution in [-0.4, -0.2) is 36.0 Å². The van der Waals surface area contributed by atoms with Crippen molar-refractivity contribution >= 4 is 17.8 Å². The van der Waals surface area contributed by atoms with Crippen LogP contribution < -0.4 is 10.2 Å². The Bertz CT molecular complexity index is 940. The molecule has 5 heteroatoms. The number of aldehydes is 1. The minimum atomic E-state index is 0.642. The highest BCUT2D eigenvalue weighted by molar-refractivity contribution is 5.73. The van der Waals surface area contributed by atoms with E-state index in [-0.39, 0.29) is 0 Å². The molecule has 0 saturated carbocycles. The average Bonchev–Trinajstić information content (AvgIpc) is 3.14. The molecule has 2 aromatic heterocycles. The van der Waals surface area contributed by atoms with Gasteiger partial charge in [-0.2, -0.15) is 0 Å². The summed E-state index contributed by atoms with van der Waals surface area (Å²) >= 11 is 0. The minimum Gasteiger partial charge on any atom is -0.388 e. The first-order valence-electron chi connectivity index (χ1n) is 10.7. The van der Waals surface area contributed by atoms with E-state index in [9.17, 15) is 4.79 Å².